The highest BCUT2D eigenvalue weighted by Crippen LogP contribution is 2.30. The molecule has 162 valence electrons. The number of nitrogens with one attached hydrogen (secondary N) is 1. The number of carbonyl (C=O) groups is 2. The molecule has 1 aliphatic heterocycles. The molecule has 1 N–H and O–H groups in total. The van der Waals surface area contributed by atoms with Gasteiger partial charge in [-0.15, -0.1) is 10.2 Å². The van der Waals surface area contributed by atoms with Crippen LogP contribution in [0.1, 0.15) is 30.0 Å². The molecule has 4 rings (SSSR count). The number of aromatic nitrogens is 2. The molecule has 2 heterocycles. The average Bonchev–Trinajstić information content (AvgIpc) is 3.44. The molecule has 0 saturated carbocycles. The summed E-state index contributed by atoms with van der Waals surface area (Å²) in [6.07, 6.45) is 1.12. The predicted octanol–water partition coefficient (Wildman–Crippen LogP) is 4.26. The average molecular weight is 464 g/mol. The molecule has 1 fully saturated rings. The summed E-state index contributed by atoms with van der Waals surface area (Å²) in [5, 5.41) is 20.3. The Morgan fingerprint density at radius 1 is 1.19 bits per heavy atom. The Hall–Kier alpha value is -3.22. The topological polar surface area (TPSA) is 99.0 Å². The lowest BCUT2D eigenvalue weighted by Gasteiger charge is -2.16. The number of nitrogens with zero attached hydrogens (tertiary/aromatic N) is 4. The second kappa shape index (κ2) is 9.94. The number of nitriles is 1. The third-order valence-electron chi connectivity index (χ3n) is 5.23. The van der Waals surface area contributed by atoms with Crippen LogP contribution in [-0.2, 0) is 21.8 Å². The van der Waals surface area contributed by atoms with Gasteiger partial charge >= 0.3 is 0 Å². The van der Waals surface area contributed by atoms with Gasteiger partial charge in [0.15, 0.2) is 4.34 Å². The molecule has 0 spiro atoms. The van der Waals surface area contributed by atoms with Gasteiger partial charge in [0.2, 0.25) is 16.9 Å². The van der Waals surface area contributed by atoms with Crippen LogP contribution >= 0.6 is 23.1 Å². The van der Waals surface area contributed by atoms with E-state index in [4.69, 9.17) is 5.26 Å². The van der Waals surface area contributed by atoms with Crippen molar-refractivity contribution in [3.63, 3.8) is 0 Å². The molecule has 0 aliphatic carbocycles. The van der Waals surface area contributed by atoms with Gasteiger partial charge in [0.05, 0.1) is 17.6 Å². The Balaban J connectivity index is 1.31. The molecule has 32 heavy (non-hydrogen) atoms. The van der Waals surface area contributed by atoms with Crippen LogP contribution in [0, 0.1) is 17.2 Å². The molecule has 9 heteroatoms. The highest BCUT2D eigenvalue weighted by Gasteiger charge is 2.35. The maximum atomic E-state index is 12.7. The fourth-order valence-corrected chi connectivity index (χ4v) is 5.10. The summed E-state index contributed by atoms with van der Waals surface area (Å²) in [4.78, 5) is 26.8. The first-order chi connectivity index (χ1) is 15.6. The maximum Gasteiger partial charge on any atom is 0.231 e. The smallest absolute Gasteiger partial charge is 0.231 e. The number of thioether (sulfide) groups is 1. The van der Waals surface area contributed by atoms with Crippen molar-refractivity contribution < 1.29 is 9.59 Å². The predicted molar refractivity (Wildman–Crippen MR) is 126 cm³/mol. The first kappa shape index (κ1) is 22.0. The van der Waals surface area contributed by atoms with Gasteiger partial charge in [0.25, 0.3) is 0 Å². The third-order valence-corrected chi connectivity index (χ3v) is 7.28. The van der Waals surface area contributed by atoms with Gasteiger partial charge in [-0.1, -0.05) is 54.3 Å². The number of anilines is 2. The molecule has 0 bridgehead atoms. The van der Waals surface area contributed by atoms with Gasteiger partial charge in [-0.2, -0.15) is 5.26 Å². The van der Waals surface area contributed by atoms with Crippen LogP contribution in [0.15, 0.2) is 52.9 Å². The quantitative estimate of drug-likeness (QED) is 0.415. The van der Waals surface area contributed by atoms with E-state index < -0.39 is 5.92 Å². The van der Waals surface area contributed by atoms with E-state index in [1.807, 2.05) is 36.4 Å². The van der Waals surface area contributed by atoms with Crippen LogP contribution in [0.4, 0.5) is 10.8 Å². The van der Waals surface area contributed by atoms with Gasteiger partial charge in [-0.25, -0.2) is 0 Å². The number of rotatable bonds is 7. The van der Waals surface area contributed by atoms with Crippen molar-refractivity contribution in [1.82, 2.24) is 10.2 Å². The number of hydrogen-bond acceptors (Lipinski definition) is 7. The zero-order valence-electron chi connectivity index (χ0n) is 17.4. The number of amides is 2. The lowest BCUT2D eigenvalue weighted by molar-refractivity contribution is -0.122. The van der Waals surface area contributed by atoms with E-state index in [0.29, 0.717) is 23.0 Å². The highest BCUT2D eigenvalue weighted by molar-refractivity contribution is 8.00. The molecule has 1 aliphatic rings. The monoisotopic (exact) mass is 463 g/mol. The van der Waals surface area contributed by atoms with Crippen molar-refractivity contribution in [3.8, 4) is 6.07 Å². The molecule has 7 nitrogen and oxygen atoms in total. The molecule has 1 atom stereocenters. The third kappa shape index (κ3) is 5.15. The second-order valence-electron chi connectivity index (χ2n) is 7.39. The van der Waals surface area contributed by atoms with Gasteiger partial charge < -0.3 is 10.2 Å². The molecule has 3 aromatic rings. The maximum absolute atomic E-state index is 12.7. The van der Waals surface area contributed by atoms with E-state index in [1.54, 1.807) is 17.0 Å². The largest absolute Gasteiger partial charge is 0.312 e. The van der Waals surface area contributed by atoms with Gasteiger partial charge in [0, 0.05) is 24.4 Å². The van der Waals surface area contributed by atoms with E-state index in [2.05, 4.69) is 28.5 Å². The van der Waals surface area contributed by atoms with Crippen LogP contribution in [0.2, 0.25) is 0 Å². The molecule has 0 radical (unpaired) electrons. The Bertz CT molecular complexity index is 1150. The number of hydrogen-bond donors (Lipinski definition) is 1. The van der Waals surface area contributed by atoms with Crippen LogP contribution in [0.5, 0.6) is 0 Å². The minimum atomic E-state index is -0.424. The van der Waals surface area contributed by atoms with Crippen LogP contribution in [0.3, 0.4) is 0 Å². The Morgan fingerprint density at radius 3 is 2.59 bits per heavy atom. The van der Waals surface area contributed by atoms with Crippen molar-refractivity contribution in [2.45, 2.75) is 29.9 Å². The molecule has 1 saturated heterocycles. The Labute approximate surface area is 194 Å². The Morgan fingerprint density at radius 2 is 1.91 bits per heavy atom. The van der Waals surface area contributed by atoms with E-state index in [1.165, 1.54) is 28.7 Å². The van der Waals surface area contributed by atoms with Crippen LogP contribution < -0.4 is 10.2 Å². The summed E-state index contributed by atoms with van der Waals surface area (Å²) in [6, 6.07) is 17.4. The van der Waals surface area contributed by atoms with E-state index in [9.17, 15) is 9.59 Å². The summed E-state index contributed by atoms with van der Waals surface area (Å²) >= 11 is 2.82. The molecule has 1 unspecified atom stereocenters. The summed E-state index contributed by atoms with van der Waals surface area (Å²) in [5.74, 6) is 0.000133. The zero-order chi connectivity index (χ0) is 22.5. The molecule has 2 aromatic carbocycles. The number of benzene rings is 2. The summed E-state index contributed by atoms with van der Waals surface area (Å²) in [7, 11) is 0. The Kier molecular flexibility index (Phi) is 6.83. The van der Waals surface area contributed by atoms with Gasteiger partial charge in [-0.05, 0) is 41.8 Å². The normalized spacial score (nSPS) is 15.6. The van der Waals surface area contributed by atoms with Crippen LogP contribution in [-0.4, -0.2) is 28.6 Å². The molecule has 2 amide bonds. The highest BCUT2D eigenvalue weighted by atomic mass is 32.2. The molecular weight excluding hydrogens is 442 g/mol. The first-order valence-electron chi connectivity index (χ1n) is 10.2. The SMILES string of the molecule is CCc1ccc(N2CC(C(=O)Nc3nnc(SCc4ccc(C#N)cc4)s3)CC2=O)cc1. The van der Waals surface area contributed by atoms with Crippen molar-refractivity contribution >= 4 is 45.7 Å². The molecular formula is C23H21N5O2S2. The standard InChI is InChI=1S/C23H21N5O2S2/c1-2-15-7-9-19(10-8-15)28-13-18(11-20(28)29)21(30)25-22-26-27-23(32-22)31-14-17-5-3-16(12-24)4-6-17/h3-10,18H,2,11,13-14H2,1H3,(H,25,26,30). The molecule has 1 aromatic heterocycles. The van der Waals surface area contributed by atoms with Gasteiger partial charge in [-0.3, -0.25) is 9.59 Å². The number of carbonyl (C=O) groups excluding carboxylic acids is 2. The minimum absolute atomic E-state index is 0.0506. The fourth-order valence-electron chi connectivity index (χ4n) is 3.39. The summed E-state index contributed by atoms with van der Waals surface area (Å²) in [6.45, 7) is 2.44. The second-order valence-corrected chi connectivity index (χ2v) is 9.59. The van der Waals surface area contributed by atoms with Crippen LogP contribution in [0.25, 0.3) is 0 Å². The van der Waals surface area contributed by atoms with Crippen molar-refractivity contribution in [2.24, 2.45) is 5.92 Å². The van der Waals surface area contributed by atoms with Gasteiger partial charge in [0.1, 0.15) is 0 Å². The summed E-state index contributed by atoms with van der Waals surface area (Å²) in [5.41, 5.74) is 3.73. The van der Waals surface area contributed by atoms with E-state index in [0.717, 1.165) is 22.0 Å². The van der Waals surface area contributed by atoms with Crippen molar-refractivity contribution in [1.29, 1.82) is 5.26 Å². The number of aryl methyl sites for hydroxylation is 1. The first-order valence-corrected chi connectivity index (χ1v) is 12.0. The minimum Gasteiger partial charge on any atom is -0.312 e. The van der Waals surface area contributed by atoms with Crippen molar-refractivity contribution in [3.05, 3.63) is 65.2 Å². The lowest BCUT2D eigenvalue weighted by Crippen LogP contribution is -2.28. The fraction of sp³-hybridized carbons (Fsp3) is 0.261. The lowest BCUT2D eigenvalue weighted by atomic mass is 10.1. The van der Waals surface area contributed by atoms with E-state index >= 15 is 0 Å². The zero-order valence-corrected chi connectivity index (χ0v) is 19.1. The summed E-state index contributed by atoms with van der Waals surface area (Å²) < 4.78 is 0.741. The van der Waals surface area contributed by atoms with Crippen molar-refractivity contribution in [2.75, 3.05) is 16.8 Å². The van der Waals surface area contributed by atoms with E-state index in [-0.39, 0.29) is 18.2 Å².